The van der Waals surface area contributed by atoms with Crippen LogP contribution >= 0.6 is 0 Å². The van der Waals surface area contributed by atoms with Gasteiger partial charge in [0.05, 0.1) is 15.4 Å². The van der Waals surface area contributed by atoms with Crippen molar-refractivity contribution in [1.82, 2.24) is 0 Å². The van der Waals surface area contributed by atoms with Gasteiger partial charge in [0, 0.05) is 40.6 Å². The third-order valence-electron chi connectivity index (χ3n) is 3.31. The Labute approximate surface area is 117 Å². The number of nitro benzene ring substituents is 2. The first-order valence-corrected chi connectivity index (χ1v) is 5.81. The van der Waals surface area contributed by atoms with Crippen LogP contribution in [0.15, 0.2) is 30.3 Å². The van der Waals surface area contributed by atoms with Crippen LogP contribution in [0.1, 0.15) is 15.9 Å². The first-order chi connectivity index (χ1) is 9.90. The van der Waals surface area contributed by atoms with Crippen molar-refractivity contribution in [2.45, 2.75) is 0 Å². The summed E-state index contributed by atoms with van der Waals surface area (Å²) in [6.07, 6.45) is 0. The number of ketones is 1. The third-order valence-corrected chi connectivity index (χ3v) is 3.31. The minimum atomic E-state index is -0.626. The molecule has 104 valence electrons. The highest BCUT2D eigenvalue weighted by molar-refractivity contribution is 6.23. The van der Waals surface area contributed by atoms with E-state index in [0.717, 1.165) is 6.07 Å². The highest BCUT2D eigenvalue weighted by Gasteiger charge is 2.34. The first kappa shape index (κ1) is 12.7. The molecular weight excluding hydrogens is 278 g/mol. The summed E-state index contributed by atoms with van der Waals surface area (Å²) in [7, 11) is 0. The highest BCUT2D eigenvalue weighted by Crippen LogP contribution is 2.44. The molecule has 8 nitrogen and oxygen atoms in total. The summed E-state index contributed by atoms with van der Waals surface area (Å²) < 4.78 is 0. The molecule has 1 aliphatic rings. The van der Waals surface area contributed by atoms with Crippen LogP contribution in [0.3, 0.4) is 0 Å². The number of nitrogen functional groups attached to an aromatic ring is 1. The number of benzene rings is 2. The fourth-order valence-electron chi connectivity index (χ4n) is 2.45. The van der Waals surface area contributed by atoms with E-state index in [9.17, 15) is 25.0 Å². The third kappa shape index (κ3) is 1.73. The summed E-state index contributed by atoms with van der Waals surface area (Å²) in [5.41, 5.74) is 5.78. The highest BCUT2D eigenvalue weighted by atomic mass is 16.6. The Hall–Kier alpha value is -3.29. The molecule has 0 saturated carbocycles. The van der Waals surface area contributed by atoms with Gasteiger partial charge in [-0.2, -0.15) is 0 Å². The fourth-order valence-corrected chi connectivity index (χ4v) is 2.45. The number of hydrogen-bond donors (Lipinski definition) is 1. The Balaban J connectivity index is 2.34. The number of rotatable bonds is 2. The smallest absolute Gasteiger partial charge is 0.280 e. The maximum absolute atomic E-state index is 12.3. The molecule has 0 bridgehead atoms. The van der Waals surface area contributed by atoms with Gasteiger partial charge in [-0.25, -0.2) is 0 Å². The Bertz CT molecular complexity index is 844. The summed E-state index contributed by atoms with van der Waals surface area (Å²) in [6.45, 7) is 0. The first-order valence-electron chi connectivity index (χ1n) is 5.81. The quantitative estimate of drug-likeness (QED) is 0.436. The summed E-state index contributed by atoms with van der Waals surface area (Å²) in [5, 5.41) is 21.9. The second kappa shape index (κ2) is 4.10. The molecule has 0 aliphatic heterocycles. The van der Waals surface area contributed by atoms with Crippen molar-refractivity contribution >= 4 is 22.8 Å². The lowest BCUT2D eigenvalue weighted by molar-refractivity contribution is -0.385. The van der Waals surface area contributed by atoms with E-state index >= 15 is 0 Å². The lowest BCUT2D eigenvalue weighted by Gasteiger charge is -2.03. The fraction of sp³-hybridized carbons (Fsp3) is 0. The Morgan fingerprint density at radius 1 is 0.905 bits per heavy atom. The van der Waals surface area contributed by atoms with Crippen LogP contribution in [0.4, 0.5) is 17.1 Å². The van der Waals surface area contributed by atoms with E-state index in [2.05, 4.69) is 0 Å². The Kier molecular flexibility index (Phi) is 2.49. The summed E-state index contributed by atoms with van der Waals surface area (Å²) >= 11 is 0. The molecule has 0 unspecified atom stereocenters. The van der Waals surface area contributed by atoms with E-state index in [1.165, 1.54) is 24.3 Å². The van der Waals surface area contributed by atoms with Crippen molar-refractivity contribution in [3.8, 4) is 11.1 Å². The van der Waals surface area contributed by atoms with Crippen molar-refractivity contribution in [2.75, 3.05) is 5.73 Å². The molecule has 2 N–H and O–H groups in total. The number of non-ortho nitro benzene ring substituents is 1. The van der Waals surface area contributed by atoms with Crippen LogP contribution in [-0.4, -0.2) is 15.6 Å². The Morgan fingerprint density at radius 3 is 2.24 bits per heavy atom. The van der Waals surface area contributed by atoms with E-state index in [4.69, 9.17) is 5.73 Å². The van der Waals surface area contributed by atoms with Gasteiger partial charge in [-0.05, 0) is 12.1 Å². The van der Waals surface area contributed by atoms with Gasteiger partial charge in [-0.15, -0.1) is 0 Å². The van der Waals surface area contributed by atoms with Crippen molar-refractivity contribution in [3.05, 3.63) is 61.7 Å². The Morgan fingerprint density at radius 2 is 1.62 bits per heavy atom. The monoisotopic (exact) mass is 285 g/mol. The number of anilines is 1. The normalized spacial score (nSPS) is 11.9. The molecule has 1 aliphatic carbocycles. The van der Waals surface area contributed by atoms with Crippen molar-refractivity contribution in [2.24, 2.45) is 0 Å². The van der Waals surface area contributed by atoms with Gasteiger partial charge >= 0.3 is 0 Å². The van der Waals surface area contributed by atoms with E-state index in [-0.39, 0.29) is 33.8 Å². The SMILES string of the molecule is Nc1cc2c(c([N+](=O)[O-])c1)-c1ccc([N+](=O)[O-])cc1C2=O. The summed E-state index contributed by atoms with van der Waals surface area (Å²) in [6, 6.07) is 6.19. The second-order valence-corrected chi connectivity index (χ2v) is 4.54. The van der Waals surface area contributed by atoms with Crippen LogP contribution in [0, 0.1) is 20.2 Å². The van der Waals surface area contributed by atoms with Gasteiger partial charge in [0.15, 0.2) is 5.78 Å². The topological polar surface area (TPSA) is 129 Å². The molecule has 21 heavy (non-hydrogen) atoms. The number of carbonyl (C=O) groups excluding carboxylic acids is 1. The van der Waals surface area contributed by atoms with E-state index < -0.39 is 15.6 Å². The maximum Gasteiger partial charge on any atom is 0.280 e. The van der Waals surface area contributed by atoms with Crippen molar-refractivity contribution in [3.63, 3.8) is 0 Å². The van der Waals surface area contributed by atoms with Crippen molar-refractivity contribution in [1.29, 1.82) is 0 Å². The van der Waals surface area contributed by atoms with Gasteiger partial charge in [0.2, 0.25) is 0 Å². The van der Waals surface area contributed by atoms with Crippen LogP contribution in [0.5, 0.6) is 0 Å². The van der Waals surface area contributed by atoms with Gasteiger partial charge < -0.3 is 5.73 Å². The predicted molar refractivity (Wildman–Crippen MR) is 73.0 cm³/mol. The molecule has 2 aromatic rings. The molecule has 0 aromatic heterocycles. The molecule has 0 spiro atoms. The number of nitrogens with two attached hydrogens (primary N) is 1. The predicted octanol–water partition coefficient (Wildman–Crippen LogP) is 2.30. The minimum Gasteiger partial charge on any atom is -0.399 e. The largest absolute Gasteiger partial charge is 0.399 e. The molecule has 8 heteroatoms. The molecule has 0 heterocycles. The van der Waals surface area contributed by atoms with E-state index in [1.54, 1.807) is 0 Å². The molecule has 0 atom stereocenters. The lowest BCUT2D eigenvalue weighted by Crippen LogP contribution is -1.99. The summed E-state index contributed by atoms with van der Waals surface area (Å²) in [5.74, 6) is -0.501. The zero-order valence-corrected chi connectivity index (χ0v) is 10.4. The number of nitrogens with zero attached hydrogens (tertiary/aromatic N) is 2. The van der Waals surface area contributed by atoms with Crippen molar-refractivity contribution < 1.29 is 14.6 Å². The van der Waals surface area contributed by atoms with Crippen LogP contribution in [-0.2, 0) is 0 Å². The lowest BCUT2D eigenvalue weighted by atomic mass is 10.0. The molecule has 2 aromatic carbocycles. The maximum atomic E-state index is 12.3. The van der Waals surface area contributed by atoms with E-state index in [0.29, 0.717) is 5.56 Å². The number of carbonyl (C=O) groups is 1. The zero-order chi connectivity index (χ0) is 15.3. The number of nitro groups is 2. The minimum absolute atomic E-state index is 0.0768. The number of fused-ring (bicyclic) bond motifs is 3. The van der Waals surface area contributed by atoms with Gasteiger partial charge in [0.25, 0.3) is 11.4 Å². The zero-order valence-electron chi connectivity index (χ0n) is 10.4. The molecular formula is C13H7N3O5. The molecule has 0 saturated heterocycles. The average Bonchev–Trinajstić information content (AvgIpc) is 2.71. The molecule has 0 fully saturated rings. The summed E-state index contributed by atoms with van der Waals surface area (Å²) in [4.78, 5) is 32.9. The van der Waals surface area contributed by atoms with Crippen LogP contribution < -0.4 is 5.73 Å². The molecule has 0 radical (unpaired) electrons. The molecule has 3 rings (SSSR count). The van der Waals surface area contributed by atoms with Crippen LogP contribution in [0.2, 0.25) is 0 Å². The van der Waals surface area contributed by atoms with Gasteiger partial charge in [-0.3, -0.25) is 25.0 Å². The standard InChI is InChI=1S/C13H7N3O5/c14-6-3-10-12(11(4-6)16(20)21)8-2-1-7(15(18)19)5-9(8)13(10)17/h1-5H,14H2. The average molecular weight is 285 g/mol. The van der Waals surface area contributed by atoms with Crippen LogP contribution in [0.25, 0.3) is 11.1 Å². The number of hydrogen-bond acceptors (Lipinski definition) is 6. The van der Waals surface area contributed by atoms with Gasteiger partial charge in [-0.1, -0.05) is 0 Å². The second-order valence-electron chi connectivity index (χ2n) is 4.54. The molecule has 0 amide bonds. The van der Waals surface area contributed by atoms with Gasteiger partial charge in [0.1, 0.15) is 0 Å². The van der Waals surface area contributed by atoms with E-state index in [1.807, 2.05) is 0 Å².